The van der Waals surface area contributed by atoms with E-state index in [1.54, 1.807) is 11.8 Å². The van der Waals surface area contributed by atoms with E-state index in [1.807, 2.05) is 24.5 Å². The van der Waals surface area contributed by atoms with Crippen molar-refractivity contribution >= 4 is 23.8 Å². The van der Waals surface area contributed by atoms with Crippen LogP contribution in [0.4, 0.5) is 4.79 Å². The molecule has 1 aliphatic rings. The molecule has 23 heavy (non-hydrogen) atoms. The zero-order valence-electron chi connectivity index (χ0n) is 13.4. The number of thioether (sulfide) groups is 1. The van der Waals surface area contributed by atoms with E-state index in [4.69, 9.17) is 5.11 Å². The number of likely N-dealkylation sites (tertiary alicyclic amines) is 1. The number of nitrogens with one attached hydrogen (secondary N) is 1. The maximum atomic E-state index is 12.1. The Morgan fingerprint density at radius 3 is 2.78 bits per heavy atom. The highest BCUT2D eigenvalue weighted by molar-refractivity contribution is 7.99. The summed E-state index contributed by atoms with van der Waals surface area (Å²) in [5.74, 6) is -0.00230. The lowest BCUT2D eigenvalue weighted by atomic mass is 10.1. The second-order valence-corrected chi connectivity index (χ2v) is 6.83. The number of nitrogens with zero attached hydrogens (tertiary/aromatic N) is 1. The molecule has 1 heterocycles. The van der Waals surface area contributed by atoms with Gasteiger partial charge in [-0.2, -0.15) is 0 Å². The van der Waals surface area contributed by atoms with Gasteiger partial charge >= 0.3 is 6.09 Å². The summed E-state index contributed by atoms with van der Waals surface area (Å²) in [4.78, 5) is 24.7. The summed E-state index contributed by atoms with van der Waals surface area (Å²) in [6, 6.07) is 10.1. The molecular formula is C17H24N2O3S. The first-order valence-electron chi connectivity index (χ1n) is 7.96. The largest absolute Gasteiger partial charge is 0.465 e. The van der Waals surface area contributed by atoms with Gasteiger partial charge in [0.15, 0.2) is 0 Å². The minimum absolute atomic E-state index is 0.00230. The van der Waals surface area contributed by atoms with Gasteiger partial charge in [0.25, 0.3) is 0 Å². The number of amides is 2. The van der Waals surface area contributed by atoms with Crippen molar-refractivity contribution in [3.63, 3.8) is 0 Å². The molecule has 0 aromatic heterocycles. The molecule has 1 aromatic rings. The van der Waals surface area contributed by atoms with Gasteiger partial charge in [-0.1, -0.05) is 30.3 Å². The molecule has 2 amide bonds. The predicted octanol–water partition coefficient (Wildman–Crippen LogP) is 2.96. The SMILES string of the molecule is CSC(Cc1ccccc1)NC(=O)CCC1CCCN1C(=O)O. The molecule has 1 fully saturated rings. The highest BCUT2D eigenvalue weighted by Gasteiger charge is 2.28. The maximum Gasteiger partial charge on any atom is 0.407 e. The molecule has 2 N–H and O–H groups in total. The average Bonchev–Trinajstić information content (AvgIpc) is 3.02. The molecule has 6 heteroatoms. The van der Waals surface area contributed by atoms with Crippen molar-refractivity contribution < 1.29 is 14.7 Å². The van der Waals surface area contributed by atoms with E-state index in [-0.39, 0.29) is 17.3 Å². The molecule has 126 valence electrons. The van der Waals surface area contributed by atoms with Gasteiger partial charge in [0.05, 0.1) is 5.37 Å². The Morgan fingerprint density at radius 1 is 1.39 bits per heavy atom. The minimum atomic E-state index is -0.876. The number of carbonyl (C=O) groups is 2. The fraction of sp³-hybridized carbons (Fsp3) is 0.529. The number of rotatable bonds is 7. The van der Waals surface area contributed by atoms with E-state index in [0.29, 0.717) is 19.4 Å². The van der Waals surface area contributed by atoms with Crippen molar-refractivity contribution in [1.82, 2.24) is 10.2 Å². The van der Waals surface area contributed by atoms with Gasteiger partial charge in [-0.05, 0) is 31.1 Å². The molecule has 2 unspecified atom stereocenters. The van der Waals surface area contributed by atoms with E-state index in [9.17, 15) is 9.59 Å². The molecule has 1 aromatic carbocycles. The van der Waals surface area contributed by atoms with E-state index < -0.39 is 6.09 Å². The molecule has 0 aliphatic carbocycles. The lowest BCUT2D eigenvalue weighted by Gasteiger charge is -2.22. The molecule has 5 nitrogen and oxygen atoms in total. The number of carboxylic acid groups (broad SMARTS) is 1. The van der Waals surface area contributed by atoms with Crippen LogP contribution in [-0.2, 0) is 11.2 Å². The van der Waals surface area contributed by atoms with Crippen LogP contribution in [0, 0.1) is 0 Å². The Labute approximate surface area is 141 Å². The topological polar surface area (TPSA) is 69.6 Å². The van der Waals surface area contributed by atoms with Crippen LogP contribution in [0.1, 0.15) is 31.2 Å². The summed E-state index contributed by atoms with van der Waals surface area (Å²) in [5, 5.41) is 12.2. The van der Waals surface area contributed by atoms with Gasteiger partial charge in [-0.25, -0.2) is 4.79 Å². The molecule has 1 saturated heterocycles. The number of hydrogen-bond acceptors (Lipinski definition) is 3. The Balaban J connectivity index is 1.77. The second-order valence-electron chi connectivity index (χ2n) is 5.79. The van der Waals surface area contributed by atoms with Crippen LogP contribution < -0.4 is 5.32 Å². The highest BCUT2D eigenvalue weighted by atomic mass is 32.2. The summed E-state index contributed by atoms with van der Waals surface area (Å²) < 4.78 is 0. The molecule has 2 atom stereocenters. The van der Waals surface area contributed by atoms with Crippen molar-refractivity contribution in [2.45, 2.75) is 43.5 Å². The normalized spacial score (nSPS) is 18.7. The summed E-state index contributed by atoms with van der Waals surface area (Å²) in [5.41, 5.74) is 1.19. The average molecular weight is 336 g/mol. The first-order chi connectivity index (χ1) is 11.1. The standard InChI is InChI=1S/C17H24N2O3S/c1-23-16(12-13-6-3-2-4-7-13)18-15(20)10-9-14-8-5-11-19(14)17(21)22/h2-4,6-7,14,16H,5,8-12H2,1H3,(H,18,20)(H,21,22). The number of carbonyl (C=O) groups excluding carboxylic acids is 1. The molecule has 0 radical (unpaired) electrons. The highest BCUT2D eigenvalue weighted by Crippen LogP contribution is 2.21. The van der Waals surface area contributed by atoms with Crippen LogP contribution in [0.15, 0.2) is 30.3 Å². The molecular weight excluding hydrogens is 312 g/mol. The van der Waals surface area contributed by atoms with Crippen LogP contribution in [0.25, 0.3) is 0 Å². The molecule has 0 saturated carbocycles. The lowest BCUT2D eigenvalue weighted by Crippen LogP contribution is -2.37. The van der Waals surface area contributed by atoms with Gasteiger partial charge in [0.1, 0.15) is 0 Å². The third-order valence-corrected chi connectivity index (χ3v) is 5.05. The number of benzene rings is 1. The van der Waals surface area contributed by atoms with E-state index >= 15 is 0 Å². The summed E-state index contributed by atoms with van der Waals surface area (Å²) in [6.07, 6.45) is 4.62. The van der Waals surface area contributed by atoms with Gasteiger partial charge in [-0.15, -0.1) is 11.8 Å². The van der Waals surface area contributed by atoms with E-state index in [0.717, 1.165) is 19.3 Å². The molecule has 0 spiro atoms. The van der Waals surface area contributed by atoms with Crippen LogP contribution in [0.5, 0.6) is 0 Å². The first-order valence-corrected chi connectivity index (χ1v) is 9.24. The Hall–Kier alpha value is -1.69. The van der Waals surface area contributed by atoms with Gasteiger partial charge in [0.2, 0.25) is 5.91 Å². The van der Waals surface area contributed by atoms with Crippen LogP contribution in [0.3, 0.4) is 0 Å². The molecule has 2 rings (SSSR count). The van der Waals surface area contributed by atoms with Crippen LogP contribution in [-0.4, -0.2) is 46.2 Å². The Morgan fingerprint density at radius 2 is 2.13 bits per heavy atom. The zero-order chi connectivity index (χ0) is 16.7. The van der Waals surface area contributed by atoms with E-state index in [1.165, 1.54) is 10.5 Å². The molecule has 1 aliphatic heterocycles. The maximum absolute atomic E-state index is 12.1. The van der Waals surface area contributed by atoms with Crippen molar-refractivity contribution in [3.8, 4) is 0 Å². The second kappa shape index (κ2) is 8.82. The summed E-state index contributed by atoms with van der Waals surface area (Å²) >= 11 is 1.62. The fourth-order valence-electron chi connectivity index (χ4n) is 2.96. The lowest BCUT2D eigenvalue weighted by molar-refractivity contribution is -0.121. The summed E-state index contributed by atoms with van der Waals surface area (Å²) in [6.45, 7) is 0.586. The third-order valence-electron chi connectivity index (χ3n) is 4.20. The van der Waals surface area contributed by atoms with Crippen molar-refractivity contribution in [2.24, 2.45) is 0 Å². The van der Waals surface area contributed by atoms with Gasteiger partial charge < -0.3 is 15.3 Å². The van der Waals surface area contributed by atoms with E-state index in [2.05, 4.69) is 17.4 Å². The van der Waals surface area contributed by atoms with Crippen molar-refractivity contribution in [3.05, 3.63) is 35.9 Å². The first kappa shape index (κ1) is 17.7. The predicted molar refractivity (Wildman–Crippen MR) is 92.6 cm³/mol. The van der Waals surface area contributed by atoms with Gasteiger partial charge in [-0.3, -0.25) is 4.79 Å². The quantitative estimate of drug-likeness (QED) is 0.751. The number of hydrogen-bond donors (Lipinski definition) is 2. The Kier molecular flexibility index (Phi) is 6.77. The summed E-state index contributed by atoms with van der Waals surface area (Å²) in [7, 11) is 0. The smallest absolute Gasteiger partial charge is 0.407 e. The fourth-order valence-corrected chi connectivity index (χ4v) is 3.57. The minimum Gasteiger partial charge on any atom is -0.465 e. The van der Waals surface area contributed by atoms with Gasteiger partial charge in [0, 0.05) is 25.4 Å². The van der Waals surface area contributed by atoms with Crippen molar-refractivity contribution in [1.29, 1.82) is 0 Å². The molecule has 0 bridgehead atoms. The van der Waals surface area contributed by atoms with Crippen LogP contribution >= 0.6 is 11.8 Å². The third kappa shape index (κ3) is 5.46. The zero-order valence-corrected chi connectivity index (χ0v) is 14.2. The monoisotopic (exact) mass is 336 g/mol. The van der Waals surface area contributed by atoms with Crippen LogP contribution in [0.2, 0.25) is 0 Å². The Bertz CT molecular complexity index is 524. The van der Waals surface area contributed by atoms with Crippen molar-refractivity contribution in [2.75, 3.05) is 12.8 Å².